The van der Waals surface area contributed by atoms with E-state index in [1.807, 2.05) is 6.92 Å². The minimum atomic E-state index is -0.341. The molecule has 1 rings (SSSR count). The third kappa shape index (κ3) is 2.82. The van der Waals surface area contributed by atoms with Crippen LogP contribution in [0.25, 0.3) is 0 Å². The fourth-order valence-corrected chi connectivity index (χ4v) is 1.76. The normalized spacial score (nSPS) is 24.9. The smallest absolute Gasteiger partial charge is 0.335 e. The standard InChI is InChI=1S/C10H17IO3/c1-7(10(2,3)6-11)14-8-4-5-13-9(8)12/h7-8H,4-6H2,1-3H3. The molecule has 14 heavy (non-hydrogen) atoms. The van der Waals surface area contributed by atoms with Gasteiger partial charge in [0.15, 0.2) is 6.10 Å². The van der Waals surface area contributed by atoms with Gasteiger partial charge >= 0.3 is 5.97 Å². The molecule has 0 N–H and O–H groups in total. The maximum atomic E-state index is 11.2. The van der Waals surface area contributed by atoms with Gasteiger partial charge in [-0.25, -0.2) is 4.79 Å². The molecule has 1 aliphatic rings. The van der Waals surface area contributed by atoms with Crippen molar-refractivity contribution in [2.75, 3.05) is 11.0 Å². The molecule has 1 saturated heterocycles. The van der Waals surface area contributed by atoms with Crippen LogP contribution < -0.4 is 0 Å². The summed E-state index contributed by atoms with van der Waals surface area (Å²) in [5, 5.41) is 0. The van der Waals surface area contributed by atoms with E-state index in [1.165, 1.54) is 0 Å². The zero-order chi connectivity index (χ0) is 10.8. The second-order valence-electron chi connectivity index (χ2n) is 4.35. The lowest BCUT2D eigenvalue weighted by Crippen LogP contribution is -2.35. The lowest BCUT2D eigenvalue weighted by Gasteiger charge is -2.30. The van der Waals surface area contributed by atoms with Gasteiger partial charge in [0.05, 0.1) is 12.7 Å². The summed E-state index contributed by atoms with van der Waals surface area (Å²) in [6.45, 7) is 6.81. The van der Waals surface area contributed by atoms with Gasteiger partial charge in [0.2, 0.25) is 0 Å². The average Bonchev–Trinajstić information content (AvgIpc) is 2.52. The first kappa shape index (κ1) is 12.2. The van der Waals surface area contributed by atoms with Crippen molar-refractivity contribution in [3.05, 3.63) is 0 Å². The monoisotopic (exact) mass is 312 g/mol. The highest BCUT2D eigenvalue weighted by Crippen LogP contribution is 2.28. The van der Waals surface area contributed by atoms with Crippen molar-refractivity contribution < 1.29 is 14.3 Å². The fourth-order valence-electron chi connectivity index (χ4n) is 1.14. The number of hydrogen-bond acceptors (Lipinski definition) is 3. The van der Waals surface area contributed by atoms with Crippen molar-refractivity contribution in [2.24, 2.45) is 5.41 Å². The molecule has 1 heterocycles. The summed E-state index contributed by atoms with van der Waals surface area (Å²) in [6, 6.07) is 0. The summed E-state index contributed by atoms with van der Waals surface area (Å²) in [6.07, 6.45) is 0.433. The molecule has 0 spiro atoms. The third-order valence-electron chi connectivity index (χ3n) is 2.70. The number of carbonyl (C=O) groups is 1. The molecule has 0 aromatic carbocycles. The van der Waals surface area contributed by atoms with Gasteiger partial charge in [0.1, 0.15) is 0 Å². The largest absolute Gasteiger partial charge is 0.464 e. The van der Waals surface area contributed by atoms with Gasteiger partial charge in [0, 0.05) is 10.8 Å². The Bertz CT molecular complexity index is 215. The minimum Gasteiger partial charge on any atom is -0.464 e. The first-order chi connectivity index (χ1) is 6.47. The molecule has 0 radical (unpaired) electrons. The van der Waals surface area contributed by atoms with Crippen LogP contribution in [0, 0.1) is 5.41 Å². The van der Waals surface area contributed by atoms with Crippen molar-refractivity contribution >= 4 is 28.6 Å². The van der Waals surface area contributed by atoms with E-state index >= 15 is 0 Å². The SMILES string of the molecule is CC(OC1CCOC1=O)C(C)(C)CI. The van der Waals surface area contributed by atoms with E-state index in [2.05, 4.69) is 36.4 Å². The maximum absolute atomic E-state index is 11.2. The Morgan fingerprint density at radius 1 is 1.71 bits per heavy atom. The number of halogens is 1. The molecule has 82 valence electrons. The Morgan fingerprint density at radius 3 is 2.79 bits per heavy atom. The quantitative estimate of drug-likeness (QED) is 0.453. The van der Waals surface area contributed by atoms with Crippen LogP contribution in [0.1, 0.15) is 27.2 Å². The van der Waals surface area contributed by atoms with Crippen LogP contribution in [0.4, 0.5) is 0 Å². The number of alkyl halides is 1. The van der Waals surface area contributed by atoms with E-state index in [9.17, 15) is 4.79 Å². The highest BCUT2D eigenvalue weighted by Gasteiger charge is 2.33. The van der Waals surface area contributed by atoms with Crippen molar-refractivity contribution in [1.29, 1.82) is 0 Å². The fraction of sp³-hybridized carbons (Fsp3) is 0.900. The molecule has 0 saturated carbocycles. The molecule has 2 unspecified atom stereocenters. The van der Waals surface area contributed by atoms with E-state index in [1.54, 1.807) is 0 Å². The molecule has 3 nitrogen and oxygen atoms in total. The Morgan fingerprint density at radius 2 is 2.36 bits per heavy atom. The van der Waals surface area contributed by atoms with E-state index in [0.717, 1.165) is 4.43 Å². The number of carbonyl (C=O) groups excluding carboxylic acids is 1. The summed E-state index contributed by atoms with van der Waals surface area (Å²) in [7, 11) is 0. The van der Waals surface area contributed by atoms with Gasteiger partial charge in [-0.3, -0.25) is 0 Å². The molecular weight excluding hydrogens is 295 g/mol. The summed E-state index contributed by atoms with van der Waals surface area (Å²) in [5.41, 5.74) is 0.101. The summed E-state index contributed by atoms with van der Waals surface area (Å²) in [5.74, 6) is -0.207. The number of ether oxygens (including phenoxy) is 2. The number of rotatable bonds is 4. The first-order valence-electron chi connectivity index (χ1n) is 4.85. The zero-order valence-electron chi connectivity index (χ0n) is 8.88. The highest BCUT2D eigenvalue weighted by atomic mass is 127. The second kappa shape index (κ2) is 4.79. The third-order valence-corrected chi connectivity index (χ3v) is 4.67. The molecule has 0 aromatic rings. The maximum Gasteiger partial charge on any atom is 0.335 e. The van der Waals surface area contributed by atoms with Crippen LogP contribution in [0.2, 0.25) is 0 Å². The summed E-state index contributed by atoms with van der Waals surface area (Å²) < 4.78 is 11.6. The van der Waals surface area contributed by atoms with E-state index in [4.69, 9.17) is 9.47 Å². The molecule has 0 aromatic heterocycles. The second-order valence-corrected chi connectivity index (χ2v) is 5.11. The van der Waals surface area contributed by atoms with Crippen LogP contribution in [0.5, 0.6) is 0 Å². The molecular formula is C10H17IO3. The van der Waals surface area contributed by atoms with Crippen LogP contribution in [-0.4, -0.2) is 29.2 Å². The Labute approximate surface area is 98.7 Å². The summed E-state index contributed by atoms with van der Waals surface area (Å²) in [4.78, 5) is 11.2. The predicted octanol–water partition coefficient (Wildman–Crippen LogP) is 2.17. The van der Waals surface area contributed by atoms with Crippen molar-refractivity contribution in [3.63, 3.8) is 0 Å². The average molecular weight is 312 g/mol. The minimum absolute atomic E-state index is 0.0787. The van der Waals surface area contributed by atoms with E-state index in [0.29, 0.717) is 13.0 Å². The predicted molar refractivity (Wildman–Crippen MR) is 62.6 cm³/mol. The zero-order valence-corrected chi connectivity index (χ0v) is 11.0. The van der Waals surface area contributed by atoms with Crippen molar-refractivity contribution in [3.8, 4) is 0 Å². The van der Waals surface area contributed by atoms with Crippen LogP contribution in [-0.2, 0) is 14.3 Å². The van der Waals surface area contributed by atoms with E-state index < -0.39 is 0 Å². The lowest BCUT2D eigenvalue weighted by molar-refractivity contribution is -0.152. The van der Waals surface area contributed by atoms with Crippen LogP contribution >= 0.6 is 22.6 Å². The number of hydrogen-bond donors (Lipinski definition) is 0. The lowest BCUT2D eigenvalue weighted by atomic mass is 9.90. The number of esters is 1. The molecule has 1 fully saturated rings. The Balaban J connectivity index is 2.47. The van der Waals surface area contributed by atoms with Gasteiger partial charge in [-0.2, -0.15) is 0 Å². The molecule has 1 aliphatic heterocycles. The van der Waals surface area contributed by atoms with Crippen LogP contribution in [0.3, 0.4) is 0 Å². The van der Waals surface area contributed by atoms with Gasteiger partial charge in [-0.1, -0.05) is 36.4 Å². The molecule has 4 heteroatoms. The number of cyclic esters (lactones) is 1. The summed E-state index contributed by atoms with van der Waals surface area (Å²) >= 11 is 2.34. The van der Waals surface area contributed by atoms with Crippen LogP contribution in [0.15, 0.2) is 0 Å². The Hall–Kier alpha value is 0.160. The van der Waals surface area contributed by atoms with Crippen molar-refractivity contribution in [2.45, 2.75) is 39.4 Å². The van der Waals surface area contributed by atoms with Gasteiger partial charge in [-0.05, 0) is 12.3 Å². The van der Waals surface area contributed by atoms with Crippen molar-refractivity contribution in [1.82, 2.24) is 0 Å². The van der Waals surface area contributed by atoms with Gasteiger partial charge in [-0.15, -0.1) is 0 Å². The van der Waals surface area contributed by atoms with Gasteiger partial charge in [0.25, 0.3) is 0 Å². The topological polar surface area (TPSA) is 35.5 Å². The molecule has 0 aliphatic carbocycles. The molecule has 2 atom stereocenters. The molecule has 0 amide bonds. The van der Waals surface area contributed by atoms with Gasteiger partial charge < -0.3 is 9.47 Å². The molecule has 0 bridgehead atoms. The first-order valence-corrected chi connectivity index (χ1v) is 6.38. The highest BCUT2D eigenvalue weighted by molar-refractivity contribution is 14.1. The van der Waals surface area contributed by atoms with E-state index in [-0.39, 0.29) is 23.6 Å². The Kier molecular flexibility index (Phi) is 4.18.